The number of hydrogen-bond acceptors (Lipinski definition) is 4. The number of nitrogens with one attached hydrogen (secondary N) is 2. The standard InChI is InChI=1S/C19H22N4O/c1-2-3-4-19(24)23-16-7-5-14(6-8-16)17-11-15(9-10-21-17)18-12-20-13-22-18/h5-11,20H,2-4,12-13H2,1H3,(H,23,24). The molecule has 124 valence electrons. The number of unbranched alkanes of at least 4 members (excludes halogenated alkanes) is 1. The molecule has 1 aromatic heterocycles. The zero-order valence-electron chi connectivity index (χ0n) is 13.9. The topological polar surface area (TPSA) is 66.4 Å². The van der Waals surface area contributed by atoms with E-state index in [0.717, 1.165) is 47.6 Å². The summed E-state index contributed by atoms with van der Waals surface area (Å²) in [4.78, 5) is 20.7. The quantitative estimate of drug-likeness (QED) is 0.858. The summed E-state index contributed by atoms with van der Waals surface area (Å²) in [6, 6.07) is 11.8. The molecule has 5 nitrogen and oxygen atoms in total. The number of anilines is 1. The molecule has 0 spiro atoms. The van der Waals surface area contributed by atoms with E-state index < -0.39 is 0 Å². The predicted octanol–water partition coefficient (Wildman–Crippen LogP) is 3.23. The zero-order chi connectivity index (χ0) is 16.8. The van der Waals surface area contributed by atoms with E-state index in [-0.39, 0.29) is 5.91 Å². The first-order chi connectivity index (χ1) is 11.8. The van der Waals surface area contributed by atoms with Crippen molar-refractivity contribution in [2.24, 2.45) is 4.99 Å². The molecule has 3 rings (SSSR count). The number of benzene rings is 1. The Kier molecular flexibility index (Phi) is 5.33. The SMILES string of the molecule is CCCCC(=O)Nc1ccc(-c2cc(C3=NCNC3)ccn2)cc1. The van der Waals surface area contributed by atoms with Crippen LogP contribution in [-0.2, 0) is 4.79 Å². The van der Waals surface area contributed by atoms with E-state index >= 15 is 0 Å². The molecule has 0 saturated carbocycles. The number of carbonyl (C=O) groups is 1. The molecule has 5 heteroatoms. The Bertz CT molecular complexity index is 737. The summed E-state index contributed by atoms with van der Waals surface area (Å²) in [7, 11) is 0. The van der Waals surface area contributed by atoms with Crippen LogP contribution in [0.4, 0.5) is 5.69 Å². The molecule has 0 aliphatic carbocycles. The van der Waals surface area contributed by atoms with E-state index in [2.05, 4.69) is 33.6 Å². The summed E-state index contributed by atoms with van der Waals surface area (Å²) < 4.78 is 0. The first kappa shape index (κ1) is 16.3. The predicted molar refractivity (Wildman–Crippen MR) is 97.2 cm³/mol. The number of pyridine rings is 1. The van der Waals surface area contributed by atoms with Crippen molar-refractivity contribution in [1.29, 1.82) is 0 Å². The maximum Gasteiger partial charge on any atom is 0.224 e. The molecule has 2 heterocycles. The van der Waals surface area contributed by atoms with Crippen molar-refractivity contribution in [2.45, 2.75) is 26.2 Å². The van der Waals surface area contributed by atoms with E-state index in [4.69, 9.17) is 0 Å². The van der Waals surface area contributed by atoms with Crippen LogP contribution < -0.4 is 10.6 Å². The highest BCUT2D eigenvalue weighted by atomic mass is 16.1. The van der Waals surface area contributed by atoms with E-state index in [0.29, 0.717) is 13.1 Å². The van der Waals surface area contributed by atoms with Gasteiger partial charge in [0, 0.05) is 36.0 Å². The Morgan fingerprint density at radius 3 is 2.75 bits per heavy atom. The van der Waals surface area contributed by atoms with Crippen LogP contribution in [0, 0.1) is 0 Å². The molecule has 0 saturated heterocycles. The Morgan fingerprint density at radius 2 is 2.04 bits per heavy atom. The van der Waals surface area contributed by atoms with E-state index in [1.165, 1.54) is 0 Å². The number of aliphatic imine (C=N–C) groups is 1. The second-order valence-corrected chi connectivity index (χ2v) is 5.85. The molecule has 0 unspecified atom stereocenters. The van der Waals surface area contributed by atoms with Crippen molar-refractivity contribution in [1.82, 2.24) is 10.3 Å². The van der Waals surface area contributed by atoms with Crippen molar-refractivity contribution >= 4 is 17.3 Å². The third kappa shape index (κ3) is 4.06. The molecular formula is C19H22N4O. The Hall–Kier alpha value is -2.53. The van der Waals surface area contributed by atoms with Gasteiger partial charge in [-0.15, -0.1) is 0 Å². The average Bonchev–Trinajstić information content (AvgIpc) is 3.15. The van der Waals surface area contributed by atoms with Gasteiger partial charge in [0.25, 0.3) is 0 Å². The lowest BCUT2D eigenvalue weighted by atomic mass is 10.1. The third-order valence-corrected chi connectivity index (χ3v) is 3.99. The molecule has 0 atom stereocenters. The third-order valence-electron chi connectivity index (χ3n) is 3.99. The van der Waals surface area contributed by atoms with Gasteiger partial charge in [-0.1, -0.05) is 25.5 Å². The van der Waals surface area contributed by atoms with E-state index in [1.54, 1.807) is 0 Å². The minimum absolute atomic E-state index is 0.0662. The number of rotatable bonds is 6. The Labute approximate surface area is 142 Å². The average molecular weight is 322 g/mol. The normalized spacial score (nSPS) is 13.6. The maximum absolute atomic E-state index is 11.8. The van der Waals surface area contributed by atoms with Gasteiger partial charge < -0.3 is 5.32 Å². The van der Waals surface area contributed by atoms with Gasteiger partial charge in [-0.3, -0.25) is 20.1 Å². The summed E-state index contributed by atoms with van der Waals surface area (Å²) in [5.41, 5.74) is 4.92. The van der Waals surface area contributed by atoms with Crippen LogP contribution in [0.5, 0.6) is 0 Å². The summed E-state index contributed by atoms with van der Waals surface area (Å²) in [5, 5.41) is 6.13. The number of amides is 1. The molecule has 0 bridgehead atoms. The molecule has 2 N–H and O–H groups in total. The van der Waals surface area contributed by atoms with Gasteiger partial charge in [-0.05, 0) is 30.7 Å². The fourth-order valence-corrected chi connectivity index (χ4v) is 2.63. The Morgan fingerprint density at radius 1 is 1.21 bits per heavy atom. The molecule has 24 heavy (non-hydrogen) atoms. The van der Waals surface area contributed by atoms with Gasteiger partial charge in [0.05, 0.1) is 18.1 Å². The molecule has 0 radical (unpaired) electrons. The first-order valence-corrected chi connectivity index (χ1v) is 8.37. The van der Waals surface area contributed by atoms with Crippen LogP contribution in [-0.4, -0.2) is 29.8 Å². The molecule has 1 amide bonds. The molecule has 1 aliphatic rings. The minimum atomic E-state index is 0.0662. The zero-order valence-corrected chi connectivity index (χ0v) is 13.9. The van der Waals surface area contributed by atoms with Crippen molar-refractivity contribution in [3.63, 3.8) is 0 Å². The second-order valence-electron chi connectivity index (χ2n) is 5.85. The highest BCUT2D eigenvalue weighted by Gasteiger charge is 2.10. The number of nitrogens with zero attached hydrogens (tertiary/aromatic N) is 2. The fourth-order valence-electron chi connectivity index (χ4n) is 2.63. The van der Waals surface area contributed by atoms with Crippen molar-refractivity contribution in [3.05, 3.63) is 48.2 Å². The fraction of sp³-hybridized carbons (Fsp3) is 0.316. The highest BCUT2D eigenvalue weighted by Crippen LogP contribution is 2.21. The largest absolute Gasteiger partial charge is 0.326 e. The van der Waals surface area contributed by atoms with Crippen LogP contribution in [0.3, 0.4) is 0 Å². The first-order valence-electron chi connectivity index (χ1n) is 8.37. The van der Waals surface area contributed by atoms with E-state index in [9.17, 15) is 4.79 Å². The second kappa shape index (κ2) is 7.84. The monoisotopic (exact) mass is 322 g/mol. The molecule has 2 aromatic rings. The van der Waals surface area contributed by atoms with Gasteiger partial charge in [-0.25, -0.2) is 0 Å². The van der Waals surface area contributed by atoms with Gasteiger partial charge in [-0.2, -0.15) is 0 Å². The van der Waals surface area contributed by atoms with E-state index in [1.807, 2.05) is 36.5 Å². The maximum atomic E-state index is 11.8. The van der Waals surface area contributed by atoms with Gasteiger partial charge in [0.2, 0.25) is 5.91 Å². The van der Waals surface area contributed by atoms with Crippen LogP contribution in [0.2, 0.25) is 0 Å². The van der Waals surface area contributed by atoms with Crippen LogP contribution in [0.15, 0.2) is 47.6 Å². The van der Waals surface area contributed by atoms with Crippen LogP contribution in [0.25, 0.3) is 11.3 Å². The smallest absolute Gasteiger partial charge is 0.224 e. The van der Waals surface area contributed by atoms with Gasteiger partial charge in [0.1, 0.15) is 0 Å². The van der Waals surface area contributed by atoms with Gasteiger partial charge >= 0.3 is 0 Å². The molecule has 0 fully saturated rings. The number of carbonyl (C=O) groups excluding carboxylic acids is 1. The lowest BCUT2D eigenvalue weighted by Gasteiger charge is -2.07. The Balaban J connectivity index is 1.71. The minimum Gasteiger partial charge on any atom is -0.326 e. The highest BCUT2D eigenvalue weighted by molar-refractivity contribution is 6.03. The summed E-state index contributed by atoms with van der Waals surface area (Å²) in [5.74, 6) is 0.0662. The van der Waals surface area contributed by atoms with Gasteiger partial charge in [0.15, 0.2) is 0 Å². The molecule has 1 aromatic carbocycles. The number of aromatic nitrogens is 1. The van der Waals surface area contributed by atoms with Crippen LogP contribution >= 0.6 is 0 Å². The lowest BCUT2D eigenvalue weighted by Crippen LogP contribution is -2.14. The summed E-state index contributed by atoms with van der Waals surface area (Å²) in [6.45, 7) is 3.56. The summed E-state index contributed by atoms with van der Waals surface area (Å²) >= 11 is 0. The number of hydrogen-bond donors (Lipinski definition) is 2. The van der Waals surface area contributed by atoms with Crippen LogP contribution in [0.1, 0.15) is 31.7 Å². The molecule has 1 aliphatic heterocycles. The van der Waals surface area contributed by atoms with Crippen molar-refractivity contribution in [2.75, 3.05) is 18.5 Å². The van der Waals surface area contributed by atoms with Crippen molar-refractivity contribution < 1.29 is 4.79 Å². The molecular weight excluding hydrogens is 300 g/mol. The van der Waals surface area contributed by atoms with Crippen molar-refractivity contribution in [3.8, 4) is 11.3 Å². The lowest BCUT2D eigenvalue weighted by molar-refractivity contribution is -0.116. The summed E-state index contributed by atoms with van der Waals surface area (Å²) in [6.07, 6.45) is 4.32.